The summed E-state index contributed by atoms with van der Waals surface area (Å²) in [6.07, 6.45) is 7.30. The van der Waals surface area contributed by atoms with Crippen LogP contribution < -0.4 is 10.4 Å². The topological polar surface area (TPSA) is 0 Å². The summed E-state index contributed by atoms with van der Waals surface area (Å²) < 4.78 is 3.71. The van der Waals surface area contributed by atoms with Crippen molar-refractivity contribution in [2.75, 3.05) is 0 Å². The normalized spacial score (nSPS) is 20.8. The van der Waals surface area contributed by atoms with Gasteiger partial charge in [-0.25, -0.2) is 0 Å². The Hall–Kier alpha value is -2.55. The molecule has 0 bridgehead atoms. The van der Waals surface area contributed by atoms with E-state index >= 15 is 0 Å². The van der Waals surface area contributed by atoms with E-state index in [1.54, 1.807) is 66.0 Å². The second-order valence-corrected chi connectivity index (χ2v) is 38.7. The zero-order chi connectivity index (χ0) is 35.4. The first-order valence-corrected chi connectivity index (χ1v) is 30.9. The van der Waals surface area contributed by atoms with E-state index in [1.165, 1.54) is 25.7 Å². The van der Waals surface area contributed by atoms with Crippen LogP contribution in [0.4, 0.5) is 0 Å². The molecule has 0 amide bonds. The van der Waals surface area contributed by atoms with Gasteiger partial charge < -0.3 is 0 Å². The van der Waals surface area contributed by atoms with E-state index in [0.717, 1.165) is 12.8 Å². The first kappa shape index (κ1) is 34.5. The Morgan fingerprint density at radius 2 is 0.780 bits per heavy atom. The van der Waals surface area contributed by atoms with Crippen molar-refractivity contribution >= 4 is 23.0 Å². The van der Waals surface area contributed by atoms with Gasteiger partial charge in [-0.1, -0.05) is 0 Å². The van der Waals surface area contributed by atoms with Crippen molar-refractivity contribution in [2.24, 2.45) is 0 Å². The zero-order valence-corrected chi connectivity index (χ0v) is 37.2. The maximum absolute atomic E-state index is 2.99. The average Bonchev–Trinajstić information content (AvgIpc) is 3.58. The number of rotatable bonds is 5. The van der Waals surface area contributed by atoms with E-state index in [-0.39, 0.29) is 21.7 Å². The number of allylic oxidation sites excluding steroid dienone is 2. The van der Waals surface area contributed by atoms with Gasteiger partial charge >= 0.3 is 314 Å². The summed E-state index contributed by atoms with van der Waals surface area (Å²) in [5, 5.41) is 3.28. The molecule has 0 saturated heterocycles. The molecule has 4 aliphatic carbocycles. The Morgan fingerprint density at radius 3 is 1.12 bits per heavy atom. The van der Waals surface area contributed by atoms with Crippen molar-refractivity contribution in [2.45, 2.75) is 129 Å². The van der Waals surface area contributed by atoms with Crippen LogP contribution in [0.15, 0.2) is 96.1 Å². The second kappa shape index (κ2) is 12.0. The van der Waals surface area contributed by atoms with Crippen LogP contribution in [0.3, 0.4) is 0 Å². The van der Waals surface area contributed by atoms with Gasteiger partial charge in [0.25, 0.3) is 0 Å². The quantitative estimate of drug-likeness (QED) is 0.176. The molecule has 0 aromatic heterocycles. The zero-order valence-electron chi connectivity index (χ0n) is 32.4. The van der Waals surface area contributed by atoms with Gasteiger partial charge in [-0.2, -0.15) is 0 Å². The van der Waals surface area contributed by atoms with Crippen LogP contribution in [0.25, 0.3) is 6.66 Å². The summed E-state index contributed by atoms with van der Waals surface area (Å²) in [5.74, 6) is -1.65. The van der Waals surface area contributed by atoms with Gasteiger partial charge in [0, 0.05) is 0 Å². The molecule has 0 fully saturated rings. The van der Waals surface area contributed by atoms with Crippen molar-refractivity contribution in [1.29, 1.82) is 0 Å². The minimum absolute atomic E-state index is 0.203. The fraction of sp³-hybridized carbons (Fsp3) is 0.417. The second-order valence-electron chi connectivity index (χ2n) is 19.0. The molecule has 2 heteroatoms. The number of hydrogen-bond acceptors (Lipinski definition) is 0. The van der Waals surface area contributed by atoms with Crippen molar-refractivity contribution in [3.05, 3.63) is 141 Å². The van der Waals surface area contributed by atoms with E-state index in [0.29, 0.717) is 0 Å². The van der Waals surface area contributed by atoms with Gasteiger partial charge in [0.2, 0.25) is 0 Å². The van der Waals surface area contributed by atoms with Crippen LogP contribution in [-0.4, -0.2) is 5.98 Å². The molecule has 0 N–H and O–H groups in total. The first-order chi connectivity index (χ1) is 23.6. The fourth-order valence-electron chi connectivity index (χ4n) is 10.3. The molecule has 0 aliphatic heterocycles. The van der Waals surface area contributed by atoms with Crippen molar-refractivity contribution in [3.63, 3.8) is 0 Å². The molecule has 0 radical (unpaired) electrons. The Balaban J connectivity index is 1.41. The molecule has 257 valence electrons. The Labute approximate surface area is 311 Å². The van der Waals surface area contributed by atoms with Crippen molar-refractivity contribution in [1.82, 2.24) is 0 Å². The van der Waals surface area contributed by atoms with E-state index < -0.39 is 26.6 Å². The Bertz CT molecular complexity index is 1920. The standard InChI is InChI=1S/2C18H23.C12H11Si.Hf/c2*1-12-8-13-10-15-16(11-14(13)9-12)18(4,5)7-6-17(15,2)3;1-3-7-11(8-4-1)13-12-9-5-2-6-10-12;/h2*10-11H,6-8H2,1-5H3;1-10,13H;. The first-order valence-electron chi connectivity index (χ1n) is 19.3. The Kier molecular flexibility index (Phi) is 8.28. The molecule has 0 nitrogen and oxygen atoms in total. The van der Waals surface area contributed by atoms with Crippen molar-refractivity contribution < 1.29 is 20.6 Å². The van der Waals surface area contributed by atoms with Gasteiger partial charge in [0.05, 0.1) is 0 Å². The third-order valence-electron chi connectivity index (χ3n) is 13.5. The Morgan fingerprint density at radius 1 is 0.460 bits per heavy atom. The molecule has 50 heavy (non-hydrogen) atoms. The number of hydrogen-bond donors (Lipinski definition) is 0. The molecular weight excluding hydrogens is 783 g/mol. The van der Waals surface area contributed by atoms with E-state index in [2.05, 4.69) is 154 Å². The van der Waals surface area contributed by atoms with Gasteiger partial charge in [-0.15, -0.1) is 0 Å². The molecule has 0 saturated carbocycles. The molecule has 4 aromatic rings. The van der Waals surface area contributed by atoms with Gasteiger partial charge in [0.1, 0.15) is 0 Å². The van der Waals surface area contributed by atoms with Crippen LogP contribution in [0, 0.1) is 0 Å². The summed E-state index contributed by atoms with van der Waals surface area (Å²) in [6.45, 7) is 25.1. The van der Waals surface area contributed by atoms with E-state index in [4.69, 9.17) is 0 Å². The van der Waals surface area contributed by atoms with Crippen molar-refractivity contribution in [3.8, 4) is 0 Å². The molecule has 4 aromatic carbocycles. The maximum atomic E-state index is 2.76. The summed E-state index contributed by atoms with van der Waals surface area (Å²) in [4.78, 5) is 0. The third-order valence-corrected chi connectivity index (χ3v) is 43.2. The predicted molar refractivity (Wildman–Crippen MR) is 215 cm³/mol. The molecule has 4 aliphatic rings. The summed E-state index contributed by atoms with van der Waals surface area (Å²) >= 11 is -2.99. The summed E-state index contributed by atoms with van der Waals surface area (Å²) in [5.41, 5.74) is 17.2. The average molecular weight is 841 g/mol. The molecule has 0 unspecified atom stereocenters. The van der Waals surface area contributed by atoms with Crippen LogP contribution in [0.2, 0.25) is 0 Å². The summed E-state index contributed by atoms with van der Waals surface area (Å²) in [7, 11) is 0. The number of fused-ring (bicyclic) bond motifs is 4. The van der Waals surface area contributed by atoms with E-state index in [1.807, 2.05) is 6.66 Å². The van der Waals surface area contributed by atoms with Gasteiger partial charge in [-0.05, 0) is 0 Å². The fourth-order valence-corrected chi connectivity index (χ4v) is 45.8. The van der Waals surface area contributed by atoms with Crippen LogP contribution in [0.1, 0.15) is 139 Å². The molecule has 0 spiro atoms. The SMILES string of the molecule is CC1=[C]([Hf]([C]2=C(C)Cc3cc4c(cc32)C(C)(C)CCC4(C)C)[SiH](c2ccccc2)c2ccccc2)c2cc3c(cc2C1)C(C)(C)CCC3(C)C. The van der Waals surface area contributed by atoms with Gasteiger partial charge in [-0.3, -0.25) is 0 Å². The minimum atomic E-state index is -2.99. The third kappa shape index (κ3) is 5.53. The monoisotopic (exact) mass is 841 g/mol. The molecule has 8 rings (SSSR count). The van der Waals surface area contributed by atoms with Crippen LogP contribution in [-0.2, 0) is 55.1 Å². The molecule has 0 heterocycles. The summed E-state index contributed by atoms with van der Waals surface area (Å²) in [6, 6.07) is 34.6. The molecule has 0 atom stereocenters. The predicted octanol–water partition coefficient (Wildman–Crippen LogP) is 10.8. The van der Waals surface area contributed by atoms with Crippen LogP contribution >= 0.6 is 0 Å². The number of benzene rings is 4. The van der Waals surface area contributed by atoms with E-state index in [9.17, 15) is 0 Å². The molecular formula is C48H57HfSi. The van der Waals surface area contributed by atoms with Crippen LogP contribution in [0.5, 0.6) is 0 Å². The van der Waals surface area contributed by atoms with Gasteiger partial charge in [0.15, 0.2) is 0 Å².